The molecule has 0 aliphatic heterocycles. The van der Waals surface area contributed by atoms with Gasteiger partial charge in [-0.25, -0.2) is 9.97 Å². The zero-order valence-electron chi connectivity index (χ0n) is 14.9. The van der Waals surface area contributed by atoms with Crippen LogP contribution in [-0.4, -0.2) is 15.0 Å². The van der Waals surface area contributed by atoms with Gasteiger partial charge in [0, 0.05) is 5.56 Å². The Morgan fingerprint density at radius 1 is 0.926 bits per heavy atom. The number of aromatic amines is 1. The van der Waals surface area contributed by atoms with Crippen molar-refractivity contribution in [2.24, 2.45) is 0 Å². The van der Waals surface area contributed by atoms with Crippen molar-refractivity contribution < 1.29 is 4.74 Å². The molecule has 0 unspecified atom stereocenters. The Labute approximate surface area is 161 Å². The molecule has 0 spiro atoms. The fraction of sp³-hybridized carbons (Fsp3) is 0.0952. The molecule has 0 saturated heterocycles. The van der Waals surface area contributed by atoms with Gasteiger partial charge in [0.1, 0.15) is 28.6 Å². The molecule has 2 aromatic heterocycles. The van der Waals surface area contributed by atoms with Crippen molar-refractivity contribution in [3.63, 3.8) is 0 Å². The van der Waals surface area contributed by atoms with Gasteiger partial charge in [-0.1, -0.05) is 55.8 Å². The summed E-state index contributed by atoms with van der Waals surface area (Å²) in [6.07, 6.45) is 1.32. The molecule has 27 heavy (non-hydrogen) atoms. The van der Waals surface area contributed by atoms with E-state index in [1.807, 2.05) is 68.4 Å². The van der Waals surface area contributed by atoms with Crippen molar-refractivity contribution in [2.45, 2.75) is 13.8 Å². The van der Waals surface area contributed by atoms with Crippen molar-refractivity contribution in [2.75, 3.05) is 0 Å². The molecule has 2 aromatic carbocycles. The first kappa shape index (κ1) is 18.6. The molecule has 0 aliphatic rings. The first-order valence-electron chi connectivity index (χ1n) is 8.57. The van der Waals surface area contributed by atoms with Crippen LogP contribution in [0.15, 0.2) is 71.8 Å². The number of ether oxygens (including phenoxy) is 1. The standard InChI is InChI=1S/C19H12ClN3O2.C2H6/c20-17-16-10-15(19(24)23-18(16)22-11-21-17)12-6-8-14(9-7-12)25-13-4-2-1-3-5-13;1-2/h1-11H,(H,21,22,23,24);1-2H3. The zero-order valence-corrected chi connectivity index (χ0v) is 15.7. The second-order valence-corrected chi connectivity index (χ2v) is 5.74. The Hall–Kier alpha value is -3.18. The summed E-state index contributed by atoms with van der Waals surface area (Å²) in [5.74, 6) is 1.44. The number of nitrogens with zero attached hydrogens (tertiary/aromatic N) is 2. The summed E-state index contributed by atoms with van der Waals surface area (Å²) < 4.78 is 5.76. The van der Waals surface area contributed by atoms with Crippen LogP contribution in [0.4, 0.5) is 0 Å². The highest BCUT2D eigenvalue weighted by atomic mass is 35.5. The van der Waals surface area contributed by atoms with E-state index in [4.69, 9.17) is 16.3 Å². The number of pyridine rings is 1. The molecular weight excluding hydrogens is 362 g/mol. The average molecular weight is 380 g/mol. The molecule has 1 N–H and O–H groups in total. The maximum Gasteiger partial charge on any atom is 0.257 e. The maximum absolute atomic E-state index is 12.3. The van der Waals surface area contributed by atoms with Crippen LogP contribution in [0.5, 0.6) is 11.5 Å². The molecule has 0 atom stereocenters. The molecule has 0 aliphatic carbocycles. The molecule has 0 bridgehead atoms. The highest BCUT2D eigenvalue weighted by Crippen LogP contribution is 2.26. The molecule has 4 rings (SSSR count). The fourth-order valence-electron chi connectivity index (χ4n) is 2.53. The number of rotatable bonds is 3. The summed E-state index contributed by atoms with van der Waals surface area (Å²) in [4.78, 5) is 23.0. The van der Waals surface area contributed by atoms with Crippen LogP contribution in [0.3, 0.4) is 0 Å². The Morgan fingerprint density at radius 2 is 1.59 bits per heavy atom. The molecule has 4 aromatic rings. The van der Waals surface area contributed by atoms with Crippen LogP contribution >= 0.6 is 11.6 Å². The van der Waals surface area contributed by atoms with Gasteiger partial charge in [0.25, 0.3) is 5.56 Å². The summed E-state index contributed by atoms with van der Waals surface area (Å²) in [6, 6.07) is 18.5. The van der Waals surface area contributed by atoms with E-state index in [2.05, 4.69) is 15.0 Å². The highest BCUT2D eigenvalue weighted by Gasteiger charge is 2.09. The van der Waals surface area contributed by atoms with E-state index in [0.717, 1.165) is 11.3 Å². The average Bonchev–Trinajstić information content (AvgIpc) is 2.71. The van der Waals surface area contributed by atoms with Gasteiger partial charge in [-0.15, -0.1) is 0 Å². The maximum atomic E-state index is 12.3. The molecule has 0 amide bonds. The van der Waals surface area contributed by atoms with Gasteiger partial charge in [-0.2, -0.15) is 0 Å². The van der Waals surface area contributed by atoms with Crippen LogP contribution < -0.4 is 10.3 Å². The third-order valence-electron chi connectivity index (χ3n) is 3.74. The van der Waals surface area contributed by atoms with E-state index in [0.29, 0.717) is 27.5 Å². The molecule has 5 nitrogen and oxygen atoms in total. The second kappa shape index (κ2) is 8.47. The minimum absolute atomic E-state index is 0.237. The van der Waals surface area contributed by atoms with Gasteiger partial charge in [-0.3, -0.25) is 4.79 Å². The number of aromatic nitrogens is 3. The summed E-state index contributed by atoms with van der Waals surface area (Å²) in [7, 11) is 0. The van der Waals surface area contributed by atoms with E-state index >= 15 is 0 Å². The summed E-state index contributed by atoms with van der Waals surface area (Å²) in [5, 5.41) is 0.898. The lowest BCUT2D eigenvalue weighted by Crippen LogP contribution is -2.09. The van der Waals surface area contributed by atoms with Crippen LogP contribution in [0.2, 0.25) is 5.15 Å². The number of nitrogens with one attached hydrogen (secondary N) is 1. The second-order valence-electron chi connectivity index (χ2n) is 5.38. The highest BCUT2D eigenvalue weighted by molar-refractivity contribution is 6.33. The van der Waals surface area contributed by atoms with E-state index in [1.165, 1.54) is 6.33 Å². The third-order valence-corrected chi connectivity index (χ3v) is 4.05. The van der Waals surface area contributed by atoms with E-state index in [-0.39, 0.29) is 5.56 Å². The Kier molecular flexibility index (Phi) is 5.84. The quantitative estimate of drug-likeness (QED) is 0.480. The molecule has 6 heteroatoms. The topological polar surface area (TPSA) is 67.9 Å². The molecule has 0 saturated carbocycles. The lowest BCUT2D eigenvalue weighted by atomic mass is 10.1. The SMILES string of the molecule is CC.O=c1[nH]c2ncnc(Cl)c2cc1-c1ccc(Oc2ccccc2)cc1. The normalized spacial score (nSPS) is 10.2. The van der Waals surface area contributed by atoms with Crippen molar-refractivity contribution in [3.05, 3.63) is 82.5 Å². The molecule has 136 valence electrons. The van der Waals surface area contributed by atoms with Gasteiger partial charge in [0.2, 0.25) is 0 Å². The number of halogens is 1. The Bertz CT molecular complexity index is 1090. The molecule has 2 heterocycles. The molecular formula is C21H18ClN3O2. The van der Waals surface area contributed by atoms with Crippen molar-refractivity contribution in [3.8, 4) is 22.6 Å². The summed E-state index contributed by atoms with van der Waals surface area (Å²) >= 11 is 6.09. The fourth-order valence-corrected chi connectivity index (χ4v) is 2.72. The van der Waals surface area contributed by atoms with Gasteiger partial charge in [0.15, 0.2) is 0 Å². The smallest absolute Gasteiger partial charge is 0.257 e. The number of hydrogen-bond acceptors (Lipinski definition) is 4. The van der Waals surface area contributed by atoms with E-state index < -0.39 is 0 Å². The van der Waals surface area contributed by atoms with Crippen LogP contribution in [0.25, 0.3) is 22.2 Å². The van der Waals surface area contributed by atoms with Crippen LogP contribution in [-0.2, 0) is 0 Å². The van der Waals surface area contributed by atoms with E-state index in [9.17, 15) is 4.79 Å². The van der Waals surface area contributed by atoms with Crippen molar-refractivity contribution in [1.82, 2.24) is 15.0 Å². The Balaban J connectivity index is 0.00000102. The predicted octanol–water partition coefficient (Wildman–Crippen LogP) is 5.46. The van der Waals surface area contributed by atoms with Gasteiger partial charge >= 0.3 is 0 Å². The molecule has 0 fully saturated rings. The number of benzene rings is 2. The first-order valence-corrected chi connectivity index (χ1v) is 8.95. The summed E-state index contributed by atoms with van der Waals surface area (Å²) in [5.41, 5.74) is 1.43. The minimum Gasteiger partial charge on any atom is -0.457 e. The van der Waals surface area contributed by atoms with Crippen LogP contribution in [0.1, 0.15) is 13.8 Å². The minimum atomic E-state index is -0.237. The third kappa shape index (κ3) is 4.15. The van der Waals surface area contributed by atoms with Gasteiger partial charge in [-0.05, 0) is 35.9 Å². The zero-order chi connectivity index (χ0) is 19.2. The lowest BCUT2D eigenvalue weighted by Gasteiger charge is -2.07. The van der Waals surface area contributed by atoms with Crippen LogP contribution in [0, 0.1) is 0 Å². The van der Waals surface area contributed by atoms with Gasteiger partial charge < -0.3 is 9.72 Å². The largest absolute Gasteiger partial charge is 0.457 e. The predicted molar refractivity (Wildman–Crippen MR) is 108 cm³/mol. The van der Waals surface area contributed by atoms with Crippen molar-refractivity contribution in [1.29, 1.82) is 0 Å². The van der Waals surface area contributed by atoms with Gasteiger partial charge in [0.05, 0.1) is 5.39 Å². The number of para-hydroxylation sites is 1. The summed E-state index contributed by atoms with van der Waals surface area (Å²) in [6.45, 7) is 4.00. The Morgan fingerprint density at radius 3 is 2.30 bits per heavy atom. The number of hydrogen-bond donors (Lipinski definition) is 1. The van der Waals surface area contributed by atoms with E-state index in [1.54, 1.807) is 6.07 Å². The number of fused-ring (bicyclic) bond motifs is 1. The monoisotopic (exact) mass is 379 g/mol. The molecule has 0 radical (unpaired) electrons. The number of H-pyrrole nitrogens is 1. The van der Waals surface area contributed by atoms with Crippen molar-refractivity contribution >= 4 is 22.6 Å². The first-order chi connectivity index (χ1) is 13.2. The lowest BCUT2D eigenvalue weighted by molar-refractivity contribution is 0.483.